The van der Waals surface area contributed by atoms with Crippen LogP contribution in [0.1, 0.15) is 37.9 Å². The van der Waals surface area contributed by atoms with Crippen LogP contribution in [0.2, 0.25) is 0 Å². The summed E-state index contributed by atoms with van der Waals surface area (Å²) in [7, 11) is 1.67. The quantitative estimate of drug-likeness (QED) is 0.694. The first kappa shape index (κ1) is 24.8. The Bertz CT molecular complexity index is 1230. The maximum Gasteiger partial charge on any atom is 0.322 e. The van der Waals surface area contributed by atoms with Gasteiger partial charge in [0.05, 0.1) is 23.9 Å². The molecule has 0 spiro atoms. The predicted octanol–water partition coefficient (Wildman–Crippen LogP) is 2.52. The van der Waals surface area contributed by atoms with Crippen molar-refractivity contribution >= 4 is 23.7 Å². The Morgan fingerprint density at radius 3 is 2.35 bits per heavy atom. The molecule has 1 unspecified atom stereocenters. The summed E-state index contributed by atoms with van der Waals surface area (Å²) < 4.78 is 0. The van der Waals surface area contributed by atoms with E-state index < -0.39 is 6.04 Å². The van der Waals surface area contributed by atoms with Gasteiger partial charge in [-0.05, 0) is 28.7 Å². The van der Waals surface area contributed by atoms with Gasteiger partial charge in [0.2, 0.25) is 5.91 Å². The molecular weight excluding hydrogens is 468 g/mol. The van der Waals surface area contributed by atoms with Crippen molar-refractivity contribution in [2.24, 2.45) is 0 Å². The molecule has 0 radical (unpaired) electrons. The lowest BCUT2D eigenvalue weighted by Gasteiger charge is -2.36. The van der Waals surface area contributed by atoms with E-state index in [0.717, 1.165) is 11.4 Å². The Morgan fingerprint density at radius 2 is 1.73 bits per heavy atom. The third-order valence-electron chi connectivity index (χ3n) is 7.48. The van der Waals surface area contributed by atoms with Crippen molar-refractivity contribution in [1.29, 1.82) is 0 Å². The second-order valence-corrected chi connectivity index (χ2v) is 10.9. The third-order valence-corrected chi connectivity index (χ3v) is 7.48. The molecule has 1 fully saturated rings. The number of amides is 4. The number of pyridine rings is 1. The van der Waals surface area contributed by atoms with E-state index in [4.69, 9.17) is 0 Å². The molecule has 9 heteroatoms. The molecule has 1 N–H and O–H groups in total. The summed E-state index contributed by atoms with van der Waals surface area (Å²) in [5.74, 6) is 0.622. The fourth-order valence-corrected chi connectivity index (χ4v) is 5.17. The van der Waals surface area contributed by atoms with Gasteiger partial charge in [-0.3, -0.25) is 14.5 Å². The van der Waals surface area contributed by atoms with E-state index in [1.54, 1.807) is 23.0 Å². The molecule has 1 atom stereocenters. The fourth-order valence-electron chi connectivity index (χ4n) is 5.17. The van der Waals surface area contributed by atoms with Gasteiger partial charge in [-0.2, -0.15) is 0 Å². The summed E-state index contributed by atoms with van der Waals surface area (Å²) in [5, 5.41) is 2.97. The number of urea groups is 1. The molecule has 3 aliphatic rings. The molecule has 1 saturated heterocycles. The highest BCUT2D eigenvalue weighted by Crippen LogP contribution is 2.36. The molecule has 0 aliphatic carbocycles. The maximum absolute atomic E-state index is 13.6. The topological polar surface area (TPSA) is 89.1 Å². The van der Waals surface area contributed by atoms with E-state index in [0.29, 0.717) is 37.4 Å². The zero-order valence-corrected chi connectivity index (χ0v) is 21.9. The van der Waals surface area contributed by atoms with Crippen LogP contribution >= 0.6 is 0 Å². The predicted molar refractivity (Wildman–Crippen MR) is 141 cm³/mol. The van der Waals surface area contributed by atoms with Gasteiger partial charge in [-0.15, -0.1) is 0 Å². The Balaban J connectivity index is 1.28. The summed E-state index contributed by atoms with van der Waals surface area (Å²) in [6, 6.07) is 13.1. The lowest BCUT2D eigenvalue weighted by atomic mass is 9.85. The molecule has 2 aromatic rings. The minimum absolute atomic E-state index is 0.00240. The largest absolute Gasteiger partial charge is 0.353 e. The lowest BCUT2D eigenvalue weighted by Crippen LogP contribution is -2.51. The average molecular weight is 503 g/mol. The highest BCUT2D eigenvalue weighted by molar-refractivity contribution is 6.03. The monoisotopic (exact) mass is 502 g/mol. The summed E-state index contributed by atoms with van der Waals surface area (Å²) in [4.78, 5) is 50.9. The number of piperazine rings is 1. The van der Waals surface area contributed by atoms with Crippen molar-refractivity contribution in [2.45, 2.75) is 32.2 Å². The van der Waals surface area contributed by atoms with Gasteiger partial charge in [-0.1, -0.05) is 51.1 Å². The molecule has 194 valence electrons. The Hall–Kier alpha value is -3.88. The Labute approximate surface area is 217 Å². The van der Waals surface area contributed by atoms with Crippen molar-refractivity contribution in [3.63, 3.8) is 0 Å². The molecule has 4 amide bonds. The van der Waals surface area contributed by atoms with Crippen LogP contribution in [0.25, 0.3) is 0 Å². The number of rotatable bonds is 4. The normalized spacial score (nSPS) is 20.4. The van der Waals surface area contributed by atoms with Crippen molar-refractivity contribution in [3.05, 3.63) is 71.1 Å². The van der Waals surface area contributed by atoms with Gasteiger partial charge in [0, 0.05) is 39.4 Å². The minimum Gasteiger partial charge on any atom is -0.353 e. The number of aromatic nitrogens is 1. The standard InChI is InChI=1S/C28H34N6O3/c1-28(2,3)20-10-8-19(9-11-20)25-24-21(31(4)27(37)30-25)17-34(26(24)36)18-23(35)33-15-13-32(14-16-33)22-7-5-6-12-29-22/h5-12,25H,13-18H2,1-4H3,(H,30,37). The minimum atomic E-state index is -0.540. The van der Waals surface area contributed by atoms with Gasteiger partial charge in [0.1, 0.15) is 12.4 Å². The maximum atomic E-state index is 13.6. The number of benzene rings is 1. The smallest absolute Gasteiger partial charge is 0.322 e. The first-order chi connectivity index (χ1) is 17.6. The van der Waals surface area contributed by atoms with E-state index in [2.05, 4.69) is 36.0 Å². The third kappa shape index (κ3) is 4.77. The number of hydrogen-bond acceptors (Lipinski definition) is 5. The van der Waals surface area contributed by atoms with Crippen LogP contribution in [-0.4, -0.2) is 83.8 Å². The van der Waals surface area contributed by atoms with Gasteiger partial charge in [-0.25, -0.2) is 9.78 Å². The van der Waals surface area contributed by atoms with Crippen LogP contribution in [-0.2, 0) is 15.0 Å². The molecule has 4 heterocycles. The van der Waals surface area contributed by atoms with Crippen LogP contribution in [0, 0.1) is 0 Å². The first-order valence-corrected chi connectivity index (χ1v) is 12.7. The number of hydrogen-bond donors (Lipinski definition) is 1. The first-order valence-electron chi connectivity index (χ1n) is 12.7. The van der Waals surface area contributed by atoms with E-state index in [1.165, 1.54) is 10.5 Å². The molecule has 37 heavy (non-hydrogen) atoms. The molecule has 3 aliphatic heterocycles. The van der Waals surface area contributed by atoms with Crippen LogP contribution in [0.4, 0.5) is 10.6 Å². The van der Waals surface area contributed by atoms with E-state index in [1.807, 2.05) is 42.5 Å². The van der Waals surface area contributed by atoms with Crippen LogP contribution < -0.4 is 10.2 Å². The highest BCUT2D eigenvalue weighted by atomic mass is 16.2. The lowest BCUT2D eigenvalue weighted by molar-refractivity contribution is -0.137. The van der Waals surface area contributed by atoms with Crippen LogP contribution in [0.3, 0.4) is 0 Å². The van der Waals surface area contributed by atoms with Crippen molar-refractivity contribution in [1.82, 2.24) is 25.0 Å². The number of anilines is 1. The van der Waals surface area contributed by atoms with Crippen molar-refractivity contribution < 1.29 is 14.4 Å². The molecule has 9 nitrogen and oxygen atoms in total. The summed E-state index contributed by atoms with van der Waals surface area (Å²) >= 11 is 0. The molecule has 0 saturated carbocycles. The van der Waals surface area contributed by atoms with Crippen LogP contribution in [0.5, 0.6) is 0 Å². The van der Waals surface area contributed by atoms with Gasteiger partial charge >= 0.3 is 6.03 Å². The van der Waals surface area contributed by atoms with Gasteiger partial charge in [0.15, 0.2) is 0 Å². The molecule has 0 bridgehead atoms. The molecule has 1 aromatic carbocycles. The number of likely N-dealkylation sites (N-methyl/N-ethyl adjacent to an activating group) is 1. The molecular formula is C28H34N6O3. The Morgan fingerprint density at radius 1 is 1.03 bits per heavy atom. The number of nitrogens with one attached hydrogen (secondary N) is 1. The van der Waals surface area contributed by atoms with Gasteiger partial charge in [0.25, 0.3) is 5.91 Å². The molecule has 1 aromatic heterocycles. The van der Waals surface area contributed by atoms with Crippen LogP contribution in [0.15, 0.2) is 59.9 Å². The number of carbonyl (C=O) groups excluding carboxylic acids is 3. The highest BCUT2D eigenvalue weighted by Gasteiger charge is 2.43. The number of nitrogens with zero attached hydrogens (tertiary/aromatic N) is 5. The van der Waals surface area contributed by atoms with Crippen molar-refractivity contribution in [3.8, 4) is 0 Å². The summed E-state index contributed by atoms with van der Waals surface area (Å²) in [6.45, 7) is 9.22. The van der Waals surface area contributed by atoms with Gasteiger partial charge < -0.3 is 20.0 Å². The zero-order chi connectivity index (χ0) is 26.3. The van der Waals surface area contributed by atoms with E-state index >= 15 is 0 Å². The molecule has 5 rings (SSSR count). The Kier molecular flexibility index (Phi) is 6.39. The fraction of sp³-hybridized carbons (Fsp3) is 0.429. The van der Waals surface area contributed by atoms with E-state index in [9.17, 15) is 14.4 Å². The van der Waals surface area contributed by atoms with Crippen molar-refractivity contribution in [2.75, 3.05) is 51.2 Å². The SMILES string of the molecule is CN1C(=O)NC(c2ccc(C(C)(C)C)cc2)C2=C1CN(CC(=O)N1CCN(c3ccccn3)CC1)C2=O. The second kappa shape index (κ2) is 9.53. The second-order valence-electron chi connectivity index (χ2n) is 10.9. The summed E-state index contributed by atoms with van der Waals surface area (Å²) in [5.41, 5.74) is 3.24. The number of carbonyl (C=O) groups is 3. The summed E-state index contributed by atoms with van der Waals surface area (Å²) in [6.07, 6.45) is 1.77. The zero-order valence-electron chi connectivity index (χ0n) is 21.9. The van der Waals surface area contributed by atoms with E-state index in [-0.39, 0.29) is 36.3 Å². The average Bonchev–Trinajstić information content (AvgIpc) is 3.22.